The first-order valence-electron chi connectivity index (χ1n) is 7.94. The zero-order chi connectivity index (χ0) is 19.4. The lowest BCUT2D eigenvalue weighted by Crippen LogP contribution is -2.11. The molecule has 0 unspecified atom stereocenters. The largest absolute Gasteiger partial charge is 0.418 e. The van der Waals surface area contributed by atoms with Crippen molar-refractivity contribution in [1.29, 1.82) is 0 Å². The Morgan fingerprint density at radius 1 is 1.07 bits per heavy atom. The van der Waals surface area contributed by atoms with Gasteiger partial charge in [-0.3, -0.25) is 4.98 Å². The minimum Gasteiger partial charge on any atom is -0.364 e. The first-order valence-corrected chi connectivity index (χ1v) is 8.32. The molecule has 2 N–H and O–H groups in total. The SMILES string of the molecule is Cc1cc(NCc2ccccn2)nc(Nc2ccc(Cl)cc2C(F)(F)F)n1. The van der Waals surface area contributed by atoms with Crippen molar-refractivity contribution in [3.05, 3.63) is 70.6 Å². The molecule has 0 aliphatic heterocycles. The molecular weight excluding hydrogens is 379 g/mol. The minimum absolute atomic E-state index is 0.00393. The highest BCUT2D eigenvalue weighted by atomic mass is 35.5. The summed E-state index contributed by atoms with van der Waals surface area (Å²) in [5.74, 6) is 0.518. The van der Waals surface area contributed by atoms with Crippen LogP contribution in [0, 0.1) is 6.92 Å². The summed E-state index contributed by atoms with van der Waals surface area (Å²) in [6.45, 7) is 2.15. The fraction of sp³-hybridized carbons (Fsp3) is 0.167. The quantitative estimate of drug-likeness (QED) is 0.623. The van der Waals surface area contributed by atoms with E-state index in [4.69, 9.17) is 11.6 Å². The van der Waals surface area contributed by atoms with E-state index in [0.717, 1.165) is 11.8 Å². The van der Waals surface area contributed by atoms with Crippen LogP contribution in [0.5, 0.6) is 0 Å². The molecule has 140 valence electrons. The number of anilines is 3. The molecule has 0 bridgehead atoms. The first kappa shape index (κ1) is 18.9. The highest BCUT2D eigenvalue weighted by Crippen LogP contribution is 2.37. The molecule has 0 amide bonds. The van der Waals surface area contributed by atoms with Gasteiger partial charge < -0.3 is 10.6 Å². The summed E-state index contributed by atoms with van der Waals surface area (Å²) < 4.78 is 39.7. The smallest absolute Gasteiger partial charge is 0.364 e. The van der Waals surface area contributed by atoms with Crippen molar-refractivity contribution in [2.24, 2.45) is 0 Å². The number of aromatic nitrogens is 3. The lowest BCUT2D eigenvalue weighted by Gasteiger charge is -2.15. The van der Waals surface area contributed by atoms with E-state index in [0.29, 0.717) is 18.1 Å². The van der Waals surface area contributed by atoms with Gasteiger partial charge in [0.2, 0.25) is 5.95 Å². The van der Waals surface area contributed by atoms with Gasteiger partial charge in [0.1, 0.15) is 5.82 Å². The average Bonchev–Trinajstić information content (AvgIpc) is 2.61. The summed E-state index contributed by atoms with van der Waals surface area (Å²) in [4.78, 5) is 12.6. The van der Waals surface area contributed by atoms with Crippen LogP contribution >= 0.6 is 11.6 Å². The van der Waals surface area contributed by atoms with E-state index in [1.807, 2.05) is 18.2 Å². The van der Waals surface area contributed by atoms with E-state index in [2.05, 4.69) is 25.6 Å². The molecule has 0 fully saturated rings. The van der Waals surface area contributed by atoms with E-state index >= 15 is 0 Å². The standard InChI is InChI=1S/C18H15ClF3N5/c1-11-8-16(24-10-13-4-2-3-7-23-13)27-17(25-11)26-15-6-5-12(19)9-14(15)18(20,21)22/h2-9H,10H2,1H3,(H2,24,25,26,27). The maximum atomic E-state index is 13.2. The van der Waals surface area contributed by atoms with Crippen molar-refractivity contribution >= 4 is 29.1 Å². The number of pyridine rings is 1. The van der Waals surface area contributed by atoms with Crippen LogP contribution in [-0.2, 0) is 12.7 Å². The topological polar surface area (TPSA) is 62.7 Å². The summed E-state index contributed by atoms with van der Waals surface area (Å²) in [6.07, 6.45) is -2.88. The Bertz CT molecular complexity index is 932. The first-order chi connectivity index (χ1) is 12.8. The molecule has 5 nitrogen and oxygen atoms in total. The van der Waals surface area contributed by atoms with Gasteiger partial charge in [-0.1, -0.05) is 17.7 Å². The van der Waals surface area contributed by atoms with E-state index in [1.54, 1.807) is 19.2 Å². The summed E-state index contributed by atoms with van der Waals surface area (Å²) in [5, 5.41) is 5.71. The van der Waals surface area contributed by atoms with Crippen molar-refractivity contribution < 1.29 is 13.2 Å². The fourth-order valence-electron chi connectivity index (χ4n) is 2.38. The van der Waals surface area contributed by atoms with Gasteiger partial charge >= 0.3 is 6.18 Å². The Balaban J connectivity index is 1.83. The number of aryl methyl sites for hydroxylation is 1. The molecule has 0 atom stereocenters. The Morgan fingerprint density at radius 3 is 2.59 bits per heavy atom. The number of rotatable bonds is 5. The lowest BCUT2D eigenvalue weighted by molar-refractivity contribution is -0.136. The molecule has 1 aromatic carbocycles. The number of benzene rings is 1. The minimum atomic E-state index is -4.56. The summed E-state index contributed by atoms with van der Waals surface area (Å²) in [5.41, 5.74) is 0.343. The second-order valence-electron chi connectivity index (χ2n) is 5.71. The van der Waals surface area contributed by atoms with E-state index < -0.39 is 11.7 Å². The highest BCUT2D eigenvalue weighted by molar-refractivity contribution is 6.30. The predicted molar refractivity (Wildman–Crippen MR) is 98.1 cm³/mol. The number of nitrogens with one attached hydrogen (secondary N) is 2. The molecule has 3 rings (SSSR count). The number of halogens is 4. The van der Waals surface area contributed by atoms with Crippen LogP contribution in [0.3, 0.4) is 0 Å². The van der Waals surface area contributed by atoms with Gasteiger partial charge in [0.05, 0.1) is 23.5 Å². The molecule has 2 aromatic heterocycles. The third-order valence-corrected chi connectivity index (χ3v) is 3.80. The van der Waals surface area contributed by atoms with Crippen molar-refractivity contribution in [1.82, 2.24) is 15.0 Å². The van der Waals surface area contributed by atoms with Gasteiger partial charge in [-0.15, -0.1) is 0 Å². The molecule has 3 aromatic rings. The monoisotopic (exact) mass is 393 g/mol. The third-order valence-electron chi connectivity index (χ3n) is 3.56. The molecule has 2 heterocycles. The lowest BCUT2D eigenvalue weighted by atomic mass is 10.1. The van der Waals surface area contributed by atoms with Gasteiger partial charge in [0.25, 0.3) is 0 Å². The number of hydrogen-bond donors (Lipinski definition) is 2. The molecule has 0 saturated carbocycles. The van der Waals surface area contributed by atoms with Gasteiger partial charge in [-0.05, 0) is 37.3 Å². The highest BCUT2D eigenvalue weighted by Gasteiger charge is 2.34. The molecular formula is C18H15ClF3N5. The van der Waals surface area contributed by atoms with Crippen molar-refractivity contribution in [2.75, 3.05) is 10.6 Å². The number of alkyl halides is 3. The average molecular weight is 394 g/mol. The zero-order valence-corrected chi connectivity index (χ0v) is 14.9. The second-order valence-corrected chi connectivity index (χ2v) is 6.14. The second kappa shape index (κ2) is 7.79. The normalized spacial score (nSPS) is 11.3. The Hall–Kier alpha value is -2.87. The molecule has 0 spiro atoms. The van der Waals surface area contributed by atoms with Gasteiger partial charge in [0.15, 0.2) is 0 Å². The van der Waals surface area contributed by atoms with Crippen LogP contribution < -0.4 is 10.6 Å². The van der Waals surface area contributed by atoms with Gasteiger partial charge in [-0.2, -0.15) is 18.2 Å². The molecule has 0 saturated heterocycles. The Labute approximate surface area is 158 Å². The summed E-state index contributed by atoms with van der Waals surface area (Å²) in [6, 6.07) is 10.7. The van der Waals surface area contributed by atoms with Crippen LogP contribution in [-0.4, -0.2) is 15.0 Å². The summed E-state index contributed by atoms with van der Waals surface area (Å²) in [7, 11) is 0. The van der Waals surface area contributed by atoms with Crippen LogP contribution in [0.25, 0.3) is 0 Å². The molecule has 9 heteroatoms. The molecule has 0 aliphatic carbocycles. The van der Waals surface area contributed by atoms with Gasteiger partial charge in [0, 0.05) is 23.0 Å². The van der Waals surface area contributed by atoms with Crippen LogP contribution in [0.1, 0.15) is 17.0 Å². The molecule has 27 heavy (non-hydrogen) atoms. The number of hydrogen-bond acceptors (Lipinski definition) is 5. The molecule has 0 radical (unpaired) electrons. The van der Waals surface area contributed by atoms with E-state index in [9.17, 15) is 13.2 Å². The van der Waals surface area contributed by atoms with Crippen LogP contribution in [0.4, 0.5) is 30.6 Å². The summed E-state index contributed by atoms with van der Waals surface area (Å²) >= 11 is 5.70. The Kier molecular flexibility index (Phi) is 5.46. The maximum absolute atomic E-state index is 13.2. The van der Waals surface area contributed by atoms with E-state index in [1.165, 1.54) is 12.1 Å². The third kappa shape index (κ3) is 5.07. The van der Waals surface area contributed by atoms with Crippen LogP contribution in [0.2, 0.25) is 5.02 Å². The fourth-order valence-corrected chi connectivity index (χ4v) is 2.55. The van der Waals surface area contributed by atoms with Crippen molar-refractivity contribution in [3.63, 3.8) is 0 Å². The van der Waals surface area contributed by atoms with Gasteiger partial charge in [-0.25, -0.2) is 4.98 Å². The number of nitrogens with zero attached hydrogens (tertiary/aromatic N) is 3. The van der Waals surface area contributed by atoms with Crippen molar-refractivity contribution in [3.8, 4) is 0 Å². The maximum Gasteiger partial charge on any atom is 0.418 e. The van der Waals surface area contributed by atoms with Crippen molar-refractivity contribution in [2.45, 2.75) is 19.6 Å². The zero-order valence-electron chi connectivity index (χ0n) is 14.2. The Morgan fingerprint density at radius 2 is 1.89 bits per heavy atom. The van der Waals surface area contributed by atoms with Crippen LogP contribution in [0.15, 0.2) is 48.7 Å². The predicted octanol–water partition coefficient (Wildman–Crippen LogP) is 5.21. The molecule has 0 aliphatic rings. The van der Waals surface area contributed by atoms with E-state index in [-0.39, 0.29) is 16.7 Å².